The highest BCUT2D eigenvalue weighted by atomic mass is 32.2. The second-order valence-corrected chi connectivity index (χ2v) is 5.84. The zero-order valence-corrected chi connectivity index (χ0v) is 12.9. The van der Waals surface area contributed by atoms with Crippen LogP contribution in [0, 0.1) is 6.92 Å². The van der Waals surface area contributed by atoms with Gasteiger partial charge in [0.2, 0.25) is 5.91 Å². The topological polar surface area (TPSA) is 46.2 Å². The Morgan fingerprint density at radius 2 is 1.81 bits per heavy atom. The van der Waals surface area contributed by atoms with Crippen molar-refractivity contribution in [1.82, 2.24) is 0 Å². The van der Waals surface area contributed by atoms with Crippen LogP contribution in [0.15, 0.2) is 53.4 Å². The monoisotopic (exact) mass is 299 g/mol. The highest BCUT2D eigenvalue weighted by Gasteiger charge is 2.07. The Bertz CT molecular complexity index is 650. The van der Waals surface area contributed by atoms with Crippen LogP contribution < -0.4 is 5.32 Å². The SMILES string of the molecule is CC(=O)Nc1ccc(SCC(=O)c2cccc(C)c2)cc1. The lowest BCUT2D eigenvalue weighted by atomic mass is 10.1. The Labute approximate surface area is 128 Å². The van der Waals surface area contributed by atoms with Gasteiger partial charge in [0, 0.05) is 23.1 Å². The summed E-state index contributed by atoms with van der Waals surface area (Å²) >= 11 is 1.49. The predicted molar refractivity (Wildman–Crippen MR) is 87.0 cm³/mol. The number of thioether (sulfide) groups is 1. The summed E-state index contributed by atoms with van der Waals surface area (Å²) in [5.74, 6) is 0.433. The van der Waals surface area contributed by atoms with Crippen LogP contribution >= 0.6 is 11.8 Å². The number of hydrogen-bond acceptors (Lipinski definition) is 3. The summed E-state index contributed by atoms with van der Waals surface area (Å²) in [6, 6.07) is 15.1. The molecule has 21 heavy (non-hydrogen) atoms. The molecule has 0 unspecified atom stereocenters. The number of carbonyl (C=O) groups is 2. The fourth-order valence-electron chi connectivity index (χ4n) is 1.89. The Kier molecular flexibility index (Phi) is 5.17. The van der Waals surface area contributed by atoms with Crippen molar-refractivity contribution in [2.75, 3.05) is 11.1 Å². The van der Waals surface area contributed by atoms with Crippen LogP contribution in [0.1, 0.15) is 22.8 Å². The first-order valence-electron chi connectivity index (χ1n) is 6.65. The molecule has 0 saturated carbocycles. The highest BCUT2D eigenvalue weighted by Crippen LogP contribution is 2.21. The largest absolute Gasteiger partial charge is 0.326 e. The first-order chi connectivity index (χ1) is 10.0. The third kappa shape index (κ3) is 4.76. The summed E-state index contributed by atoms with van der Waals surface area (Å²) in [5.41, 5.74) is 2.60. The quantitative estimate of drug-likeness (QED) is 0.672. The van der Waals surface area contributed by atoms with Gasteiger partial charge in [-0.1, -0.05) is 23.8 Å². The van der Waals surface area contributed by atoms with Crippen LogP contribution in [0.3, 0.4) is 0 Å². The predicted octanol–water partition coefficient (Wildman–Crippen LogP) is 3.93. The fourth-order valence-corrected chi connectivity index (χ4v) is 2.68. The fraction of sp³-hybridized carbons (Fsp3) is 0.176. The maximum atomic E-state index is 12.1. The van der Waals surface area contributed by atoms with E-state index in [-0.39, 0.29) is 11.7 Å². The van der Waals surface area contributed by atoms with Gasteiger partial charge in [-0.05, 0) is 37.3 Å². The normalized spacial score (nSPS) is 10.2. The molecular weight excluding hydrogens is 282 g/mol. The van der Waals surface area contributed by atoms with Crippen molar-refractivity contribution >= 4 is 29.1 Å². The standard InChI is InChI=1S/C17H17NO2S/c1-12-4-3-5-14(10-12)17(20)11-21-16-8-6-15(7-9-16)18-13(2)19/h3-10H,11H2,1-2H3,(H,18,19). The maximum Gasteiger partial charge on any atom is 0.221 e. The van der Waals surface area contributed by atoms with Crippen molar-refractivity contribution in [3.05, 3.63) is 59.7 Å². The minimum absolute atomic E-state index is 0.0926. The average Bonchev–Trinajstić information content (AvgIpc) is 2.45. The lowest BCUT2D eigenvalue weighted by Crippen LogP contribution is -2.05. The van der Waals surface area contributed by atoms with E-state index in [0.717, 1.165) is 21.7 Å². The first-order valence-corrected chi connectivity index (χ1v) is 7.63. The summed E-state index contributed by atoms with van der Waals surface area (Å²) in [6.45, 7) is 3.45. The number of hydrogen-bond donors (Lipinski definition) is 1. The molecule has 1 amide bonds. The van der Waals surface area contributed by atoms with Crippen molar-refractivity contribution < 1.29 is 9.59 Å². The third-order valence-corrected chi connectivity index (χ3v) is 3.90. The number of rotatable bonds is 5. The molecule has 0 spiro atoms. The molecule has 108 valence electrons. The molecular formula is C17H17NO2S. The van der Waals surface area contributed by atoms with Gasteiger partial charge in [0.25, 0.3) is 0 Å². The number of benzene rings is 2. The summed E-state index contributed by atoms with van der Waals surface area (Å²) in [7, 11) is 0. The Hall–Kier alpha value is -2.07. The molecule has 0 aliphatic rings. The number of nitrogens with one attached hydrogen (secondary N) is 1. The second-order valence-electron chi connectivity index (χ2n) is 4.79. The Morgan fingerprint density at radius 1 is 1.10 bits per heavy atom. The third-order valence-electron chi connectivity index (χ3n) is 2.88. The van der Waals surface area contributed by atoms with Crippen molar-refractivity contribution in [3.8, 4) is 0 Å². The molecule has 4 heteroatoms. The number of carbonyl (C=O) groups excluding carboxylic acids is 2. The molecule has 1 N–H and O–H groups in total. The number of aryl methyl sites for hydroxylation is 1. The molecule has 0 bridgehead atoms. The minimum atomic E-state index is -0.0926. The number of Topliss-reactive ketones (excluding diaryl/α,β-unsaturated/α-hetero) is 1. The summed E-state index contributed by atoms with van der Waals surface area (Å²) < 4.78 is 0. The van der Waals surface area contributed by atoms with E-state index in [1.165, 1.54) is 18.7 Å². The van der Waals surface area contributed by atoms with Crippen LogP contribution in [0.25, 0.3) is 0 Å². The van der Waals surface area contributed by atoms with Gasteiger partial charge in [-0.3, -0.25) is 9.59 Å². The van der Waals surface area contributed by atoms with Crippen molar-refractivity contribution in [2.45, 2.75) is 18.7 Å². The van der Waals surface area contributed by atoms with E-state index in [1.54, 1.807) is 0 Å². The molecule has 0 aromatic heterocycles. The van der Waals surface area contributed by atoms with Crippen LogP contribution in [0.5, 0.6) is 0 Å². The molecule has 2 aromatic rings. The highest BCUT2D eigenvalue weighted by molar-refractivity contribution is 8.00. The summed E-state index contributed by atoms with van der Waals surface area (Å²) in [4.78, 5) is 24.0. The van der Waals surface area contributed by atoms with Crippen molar-refractivity contribution in [1.29, 1.82) is 0 Å². The van der Waals surface area contributed by atoms with Gasteiger partial charge in [0.05, 0.1) is 5.75 Å². The van der Waals surface area contributed by atoms with Crippen LogP contribution in [-0.2, 0) is 4.79 Å². The molecule has 0 aliphatic carbocycles. The van der Waals surface area contributed by atoms with E-state index in [4.69, 9.17) is 0 Å². The summed E-state index contributed by atoms with van der Waals surface area (Å²) in [5, 5.41) is 2.71. The Morgan fingerprint density at radius 3 is 2.43 bits per heavy atom. The van der Waals surface area contributed by atoms with E-state index in [0.29, 0.717) is 5.75 Å². The zero-order chi connectivity index (χ0) is 15.2. The van der Waals surface area contributed by atoms with E-state index in [1.807, 2.05) is 55.5 Å². The van der Waals surface area contributed by atoms with Gasteiger partial charge in [0.15, 0.2) is 5.78 Å². The lowest BCUT2D eigenvalue weighted by molar-refractivity contribution is -0.114. The number of anilines is 1. The molecule has 0 fully saturated rings. The maximum absolute atomic E-state index is 12.1. The zero-order valence-electron chi connectivity index (χ0n) is 12.1. The molecule has 0 radical (unpaired) electrons. The first kappa shape index (κ1) is 15.3. The van der Waals surface area contributed by atoms with Crippen molar-refractivity contribution in [2.24, 2.45) is 0 Å². The molecule has 0 heterocycles. The lowest BCUT2D eigenvalue weighted by Gasteiger charge is -2.05. The molecule has 2 rings (SSSR count). The number of amides is 1. The van der Waals surface area contributed by atoms with Gasteiger partial charge in [0.1, 0.15) is 0 Å². The van der Waals surface area contributed by atoms with Gasteiger partial charge >= 0.3 is 0 Å². The Balaban J connectivity index is 1.93. The molecule has 2 aromatic carbocycles. The van der Waals surface area contributed by atoms with Gasteiger partial charge in [-0.25, -0.2) is 0 Å². The second kappa shape index (κ2) is 7.09. The van der Waals surface area contributed by atoms with E-state index >= 15 is 0 Å². The van der Waals surface area contributed by atoms with Gasteiger partial charge in [-0.15, -0.1) is 11.8 Å². The number of ketones is 1. The van der Waals surface area contributed by atoms with Gasteiger partial charge in [-0.2, -0.15) is 0 Å². The van der Waals surface area contributed by atoms with Crippen molar-refractivity contribution in [3.63, 3.8) is 0 Å². The minimum Gasteiger partial charge on any atom is -0.326 e. The van der Waals surface area contributed by atoms with E-state index < -0.39 is 0 Å². The van der Waals surface area contributed by atoms with Crippen LogP contribution in [0.2, 0.25) is 0 Å². The van der Waals surface area contributed by atoms with E-state index in [2.05, 4.69) is 5.32 Å². The van der Waals surface area contributed by atoms with E-state index in [9.17, 15) is 9.59 Å². The smallest absolute Gasteiger partial charge is 0.221 e. The molecule has 0 saturated heterocycles. The van der Waals surface area contributed by atoms with Crippen LogP contribution in [0.4, 0.5) is 5.69 Å². The molecule has 3 nitrogen and oxygen atoms in total. The summed E-state index contributed by atoms with van der Waals surface area (Å²) in [6.07, 6.45) is 0. The molecule has 0 aliphatic heterocycles. The molecule has 0 atom stereocenters. The van der Waals surface area contributed by atoms with Gasteiger partial charge < -0.3 is 5.32 Å². The average molecular weight is 299 g/mol. The van der Waals surface area contributed by atoms with Crippen LogP contribution in [-0.4, -0.2) is 17.4 Å².